The zero-order valence-electron chi connectivity index (χ0n) is 19.9. The topological polar surface area (TPSA) is 48.5 Å². The van der Waals surface area contributed by atoms with Gasteiger partial charge in [0.25, 0.3) is 5.91 Å². The van der Waals surface area contributed by atoms with E-state index in [1.54, 1.807) is 0 Å². The lowest BCUT2D eigenvalue weighted by Crippen LogP contribution is -2.48. The van der Waals surface area contributed by atoms with Crippen LogP contribution in [0.15, 0.2) is 72.9 Å². The first-order valence-corrected chi connectivity index (χ1v) is 11.7. The third kappa shape index (κ3) is 5.99. The van der Waals surface area contributed by atoms with Gasteiger partial charge in [-0.3, -0.25) is 9.69 Å². The Morgan fingerprint density at radius 1 is 0.909 bits per heavy atom. The van der Waals surface area contributed by atoms with Gasteiger partial charge in [-0.1, -0.05) is 69.3 Å². The highest BCUT2D eigenvalue weighted by atomic mass is 16.2. The van der Waals surface area contributed by atoms with Gasteiger partial charge in [-0.15, -0.1) is 0 Å². The highest BCUT2D eigenvalue weighted by Gasteiger charge is 2.23. The van der Waals surface area contributed by atoms with Crippen molar-refractivity contribution in [1.29, 1.82) is 0 Å². The molecule has 0 unspecified atom stereocenters. The Morgan fingerprint density at radius 2 is 1.61 bits per heavy atom. The lowest BCUT2D eigenvalue weighted by molar-refractivity contribution is 0.0628. The lowest BCUT2D eigenvalue weighted by atomic mass is 9.86. The highest BCUT2D eigenvalue weighted by molar-refractivity contribution is 5.94. The van der Waals surface area contributed by atoms with Gasteiger partial charge in [0.1, 0.15) is 5.82 Å². The van der Waals surface area contributed by atoms with E-state index in [0.29, 0.717) is 0 Å². The van der Waals surface area contributed by atoms with Gasteiger partial charge in [0.15, 0.2) is 0 Å². The standard InChI is InChI=1S/C28H34N4O/c1-28(2,3)25-13-11-23(12-14-25)27(33)32-18-16-31(17-19-32)21-24-10-7-15-29-26(24)30-20-22-8-5-4-6-9-22/h4-15H,16-21H2,1-3H3,(H,29,30). The smallest absolute Gasteiger partial charge is 0.253 e. The number of pyridine rings is 1. The summed E-state index contributed by atoms with van der Waals surface area (Å²) >= 11 is 0. The van der Waals surface area contributed by atoms with Crippen LogP contribution in [0.3, 0.4) is 0 Å². The number of piperazine rings is 1. The number of amides is 1. The maximum Gasteiger partial charge on any atom is 0.253 e. The average molecular weight is 443 g/mol. The zero-order valence-corrected chi connectivity index (χ0v) is 19.9. The van der Waals surface area contributed by atoms with Gasteiger partial charge in [0, 0.05) is 56.6 Å². The van der Waals surface area contributed by atoms with Crippen LogP contribution < -0.4 is 5.32 Å². The molecule has 5 heteroatoms. The Kier molecular flexibility index (Phi) is 7.09. The van der Waals surface area contributed by atoms with E-state index in [-0.39, 0.29) is 11.3 Å². The molecular formula is C28H34N4O. The number of nitrogens with one attached hydrogen (secondary N) is 1. The minimum atomic E-state index is 0.0916. The molecule has 33 heavy (non-hydrogen) atoms. The lowest BCUT2D eigenvalue weighted by Gasteiger charge is -2.35. The van der Waals surface area contributed by atoms with Crippen LogP contribution in [-0.2, 0) is 18.5 Å². The zero-order chi connectivity index (χ0) is 23.3. The monoisotopic (exact) mass is 442 g/mol. The van der Waals surface area contributed by atoms with Crippen molar-refractivity contribution in [3.05, 3.63) is 95.2 Å². The first kappa shape index (κ1) is 23.0. The summed E-state index contributed by atoms with van der Waals surface area (Å²) in [6.07, 6.45) is 1.83. The molecular weight excluding hydrogens is 408 g/mol. The van der Waals surface area contributed by atoms with Gasteiger partial charge >= 0.3 is 0 Å². The molecule has 2 heterocycles. The SMILES string of the molecule is CC(C)(C)c1ccc(C(=O)N2CCN(Cc3cccnc3NCc3ccccc3)CC2)cc1. The van der Waals surface area contributed by atoms with Crippen molar-refractivity contribution >= 4 is 11.7 Å². The van der Waals surface area contributed by atoms with E-state index >= 15 is 0 Å². The first-order chi connectivity index (χ1) is 15.9. The van der Waals surface area contributed by atoms with Crippen molar-refractivity contribution < 1.29 is 4.79 Å². The number of anilines is 1. The quantitative estimate of drug-likeness (QED) is 0.587. The number of nitrogens with zero attached hydrogens (tertiary/aromatic N) is 3. The third-order valence-corrected chi connectivity index (χ3v) is 6.25. The number of aromatic nitrogens is 1. The van der Waals surface area contributed by atoms with E-state index in [2.05, 4.69) is 78.4 Å². The van der Waals surface area contributed by atoms with E-state index in [4.69, 9.17) is 0 Å². The van der Waals surface area contributed by atoms with Gasteiger partial charge in [-0.25, -0.2) is 4.98 Å². The van der Waals surface area contributed by atoms with Crippen LogP contribution in [0.25, 0.3) is 0 Å². The van der Waals surface area contributed by atoms with Crippen molar-refractivity contribution in [2.75, 3.05) is 31.5 Å². The van der Waals surface area contributed by atoms with E-state index in [9.17, 15) is 4.79 Å². The first-order valence-electron chi connectivity index (χ1n) is 11.7. The van der Waals surface area contributed by atoms with E-state index < -0.39 is 0 Å². The largest absolute Gasteiger partial charge is 0.366 e. The summed E-state index contributed by atoms with van der Waals surface area (Å²) < 4.78 is 0. The minimum absolute atomic E-state index is 0.0916. The molecule has 1 aliphatic rings. The number of hydrogen-bond donors (Lipinski definition) is 1. The summed E-state index contributed by atoms with van der Waals surface area (Å²) in [4.78, 5) is 21.9. The second-order valence-electron chi connectivity index (χ2n) is 9.75. The van der Waals surface area contributed by atoms with Gasteiger partial charge < -0.3 is 10.2 Å². The molecule has 0 bridgehead atoms. The molecule has 0 aliphatic carbocycles. The molecule has 4 rings (SSSR count). The van der Waals surface area contributed by atoms with Gasteiger partial charge in [0.2, 0.25) is 0 Å². The van der Waals surface area contributed by atoms with Crippen molar-refractivity contribution in [3.8, 4) is 0 Å². The maximum atomic E-state index is 13.0. The van der Waals surface area contributed by atoms with Crippen molar-refractivity contribution in [2.24, 2.45) is 0 Å². The van der Waals surface area contributed by atoms with Crippen molar-refractivity contribution in [3.63, 3.8) is 0 Å². The second kappa shape index (κ2) is 10.2. The molecule has 1 fully saturated rings. The number of rotatable bonds is 6. The Balaban J connectivity index is 1.32. The van der Waals surface area contributed by atoms with Crippen molar-refractivity contribution in [1.82, 2.24) is 14.8 Å². The normalized spacial score (nSPS) is 14.8. The fraction of sp³-hybridized carbons (Fsp3) is 0.357. The summed E-state index contributed by atoms with van der Waals surface area (Å²) in [6, 6.07) is 22.6. The molecule has 0 saturated carbocycles. The van der Waals surface area contributed by atoms with E-state index in [0.717, 1.165) is 50.6 Å². The van der Waals surface area contributed by atoms with Crippen LogP contribution in [0.5, 0.6) is 0 Å². The molecule has 0 atom stereocenters. The molecule has 1 aromatic heterocycles. The van der Waals surface area contributed by atoms with Crippen LogP contribution in [0.2, 0.25) is 0 Å². The van der Waals surface area contributed by atoms with E-state index in [1.807, 2.05) is 35.4 Å². The molecule has 2 aromatic carbocycles. The number of hydrogen-bond acceptors (Lipinski definition) is 4. The molecule has 5 nitrogen and oxygen atoms in total. The molecule has 0 spiro atoms. The molecule has 172 valence electrons. The summed E-state index contributed by atoms with van der Waals surface area (Å²) in [6.45, 7) is 11.3. The predicted molar refractivity (Wildman–Crippen MR) is 134 cm³/mol. The van der Waals surface area contributed by atoms with Crippen LogP contribution in [-0.4, -0.2) is 46.9 Å². The molecule has 3 aromatic rings. The molecule has 0 radical (unpaired) electrons. The van der Waals surface area contributed by atoms with Crippen LogP contribution in [0.1, 0.15) is 47.8 Å². The Labute approximate surface area is 197 Å². The Morgan fingerprint density at radius 3 is 2.27 bits per heavy atom. The number of carbonyl (C=O) groups excluding carboxylic acids is 1. The second-order valence-corrected chi connectivity index (χ2v) is 9.75. The summed E-state index contributed by atoms with van der Waals surface area (Å²) in [5, 5.41) is 3.48. The summed E-state index contributed by atoms with van der Waals surface area (Å²) in [5.74, 6) is 1.06. The van der Waals surface area contributed by atoms with E-state index in [1.165, 1.54) is 16.7 Å². The third-order valence-electron chi connectivity index (χ3n) is 6.25. The molecule has 1 aliphatic heterocycles. The fourth-order valence-corrected chi connectivity index (χ4v) is 4.15. The maximum absolute atomic E-state index is 13.0. The van der Waals surface area contributed by atoms with Gasteiger partial charge in [0.05, 0.1) is 0 Å². The average Bonchev–Trinajstić information content (AvgIpc) is 2.84. The molecule has 1 saturated heterocycles. The Hall–Kier alpha value is -3.18. The molecule has 1 amide bonds. The fourth-order valence-electron chi connectivity index (χ4n) is 4.15. The predicted octanol–water partition coefficient (Wildman–Crippen LogP) is 4.95. The summed E-state index contributed by atoms with van der Waals surface area (Å²) in [7, 11) is 0. The van der Waals surface area contributed by atoms with Crippen LogP contribution in [0, 0.1) is 0 Å². The van der Waals surface area contributed by atoms with Crippen LogP contribution in [0.4, 0.5) is 5.82 Å². The van der Waals surface area contributed by atoms with Gasteiger partial charge in [-0.05, 0) is 34.7 Å². The summed E-state index contributed by atoms with van der Waals surface area (Å²) in [5.41, 5.74) is 4.53. The Bertz CT molecular complexity index is 1050. The number of carbonyl (C=O) groups is 1. The van der Waals surface area contributed by atoms with Gasteiger partial charge in [-0.2, -0.15) is 0 Å². The minimum Gasteiger partial charge on any atom is -0.366 e. The molecule has 1 N–H and O–H groups in total. The highest BCUT2D eigenvalue weighted by Crippen LogP contribution is 2.23. The van der Waals surface area contributed by atoms with Crippen LogP contribution >= 0.6 is 0 Å². The number of benzene rings is 2. The van der Waals surface area contributed by atoms with Crippen molar-refractivity contribution in [2.45, 2.75) is 39.3 Å².